The molecular formula is C13H17N3. The second-order valence-electron chi connectivity index (χ2n) is 3.82. The maximum absolute atomic E-state index is 4.37. The first kappa shape index (κ1) is 10.9. The van der Waals surface area contributed by atoms with E-state index < -0.39 is 0 Å². The number of nitrogens with one attached hydrogen (secondary N) is 2. The van der Waals surface area contributed by atoms with E-state index in [0.717, 1.165) is 18.8 Å². The fraction of sp³-hybridized carbons (Fsp3) is 0.308. The Labute approximate surface area is 95.9 Å². The Morgan fingerprint density at radius 1 is 1.25 bits per heavy atom. The van der Waals surface area contributed by atoms with E-state index in [1.807, 2.05) is 18.2 Å². The Bertz CT molecular complexity index is 445. The van der Waals surface area contributed by atoms with Crippen LogP contribution < -0.4 is 5.32 Å². The van der Waals surface area contributed by atoms with Crippen molar-refractivity contribution in [3.63, 3.8) is 0 Å². The summed E-state index contributed by atoms with van der Waals surface area (Å²) in [7, 11) is 0. The van der Waals surface area contributed by atoms with Crippen molar-refractivity contribution in [1.29, 1.82) is 0 Å². The van der Waals surface area contributed by atoms with Crippen molar-refractivity contribution in [1.82, 2.24) is 15.5 Å². The van der Waals surface area contributed by atoms with Crippen LogP contribution in [0.25, 0.3) is 11.3 Å². The van der Waals surface area contributed by atoms with Gasteiger partial charge in [0.1, 0.15) is 0 Å². The summed E-state index contributed by atoms with van der Waals surface area (Å²) in [6, 6.07) is 10.3. The van der Waals surface area contributed by atoms with Crippen molar-refractivity contribution < 1.29 is 0 Å². The Kier molecular flexibility index (Phi) is 3.37. The SMILES string of the molecule is CCNCc1[nH]nc(-c2ccccc2)c1C. The first-order valence-electron chi connectivity index (χ1n) is 5.63. The normalized spacial score (nSPS) is 10.6. The minimum Gasteiger partial charge on any atom is -0.311 e. The number of nitrogens with zero attached hydrogens (tertiary/aromatic N) is 1. The van der Waals surface area contributed by atoms with Gasteiger partial charge >= 0.3 is 0 Å². The number of H-pyrrole nitrogens is 1. The van der Waals surface area contributed by atoms with Crippen LogP contribution in [0.2, 0.25) is 0 Å². The molecule has 0 radical (unpaired) electrons. The summed E-state index contributed by atoms with van der Waals surface area (Å²) in [5.41, 5.74) is 4.61. The van der Waals surface area contributed by atoms with Crippen LogP contribution in [0.15, 0.2) is 30.3 Å². The molecule has 84 valence electrons. The first-order valence-corrected chi connectivity index (χ1v) is 5.63. The van der Waals surface area contributed by atoms with Gasteiger partial charge in [-0.25, -0.2) is 0 Å². The zero-order valence-corrected chi connectivity index (χ0v) is 9.75. The van der Waals surface area contributed by atoms with Crippen LogP contribution >= 0.6 is 0 Å². The van der Waals surface area contributed by atoms with Gasteiger partial charge in [0, 0.05) is 12.1 Å². The minimum atomic E-state index is 0.849. The molecule has 2 N–H and O–H groups in total. The van der Waals surface area contributed by atoms with Crippen LogP contribution in [-0.2, 0) is 6.54 Å². The van der Waals surface area contributed by atoms with Crippen LogP contribution in [-0.4, -0.2) is 16.7 Å². The monoisotopic (exact) mass is 215 g/mol. The van der Waals surface area contributed by atoms with Gasteiger partial charge in [0.2, 0.25) is 0 Å². The smallest absolute Gasteiger partial charge is 0.0953 e. The number of hydrogen-bond acceptors (Lipinski definition) is 2. The van der Waals surface area contributed by atoms with E-state index in [0.29, 0.717) is 0 Å². The molecule has 1 aromatic carbocycles. The molecule has 3 heteroatoms. The molecule has 0 aliphatic carbocycles. The molecule has 0 saturated heterocycles. The largest absolute Gasteiger partial charge is 0.311 e. The van der Waals surface area contributed by atoms with Gasteiger partial charge in [0.25, 0.3) is 0 Å². The highest BCUT2D eigenvalue weighted by Crippen LogP contribution is 2.22. The third kappa shape index (κ3) is 2.14. The lowest BCUT2D eigenvalue weighted by Crippen LogP contribution is -2.12. The highest BCUT2D eigenvalue weighted by Gasteiger charge is 2.09. The quantitative estimate of drug-likeness (QED) is 0.822. The molecule has 0 aliphatic rings. The van der Waals surface area contributed by atoms with Gasteiger partial charge in [0.15, 0.2) is 0 Å². The van der Waals surface area contributed by atoms with E-state index in [1.165, 1.54) is 16.8 Å². The van der Waals surface area contributed by atoms with Crippen molar-refractivity contribution in [2.45, 2.75) is 20.4 Å². The van der Waals surface area contributed by atoms with Crippen LogP contribution in [0, 0.1) is 6.92 Å². The lowest BCUT2D eigenvalue weighted by atomic mass is 10.1. The summed E-state index contributed by atoms with van der Waals surface area (Å²) >= 11 is 0. The van der Waals surface area contributed by atoms with Gasteiger partial charge in [-0.3, -0.25) is 5.10 Å². The second kappa shape index (κ2) is 4.94. The van der Waals surface area contributed by atoms with Gasteiger partial charge < -0.3 is 5.32 Å². The third-order valence-corrected chi connectivity index (χ3v) is 2.71. The molecule has 16 heavy (non-hydrogen) atoms. The second-order valence-corrected chi connectivity index (χ2v) is 3.82. The molecule has 0 amide bonds. The zero-order valence-electron chi connectivity index (χ0n) is 9.75. The standard InChI is InChI=1S/C13H17N3/c1-3-14-9-12-10(2)13(16-15-12)11-7-5-4-6-8-11/h4-8,14H,3,9H2,1-2H3,(H,15,16). The van der Waals surface area contributed by atoms with Crippen LogP contribution in [0.3, 0.4) is 0 Å². The summed E-state index contributed by atoms with van der Waals surface area (Å²) in [5, 5.41) is 10.8. The lowest BCUT2D eigenvalue weighted by molar-refractivity contribution is 0.705. The Hall–Kier alpha value is -1.61. The summed E-state index contributed by atoms with van der Waals surface area (Å²) in [4.78, 5) is 0. The van der Waals surface area contributed by atoms with Crippen molar-refractivity contribution >= 4 is 0 Å². The number of aromatic amines is 1. The molecule has 0 fully saturated rings. The topological polar surface area (TPSA) is 40.7 Å². The van der Waals surface area contributed by atoms with Gasteiger partial charge in [-0.15, -0.1) is 0 Å². The summed E-state index contributed by atoms with van der Waals surface area (Å²) in [6.45, 7) is 6.03. The van der Waals surface area contributed by atoms with Gasteiger partial charge in [0.05, 0.1) is 11.4 Å². The average molecular weight is 215 g/mol. The molecule has 2 rings (SSSR count). The van der Waals surface area contributed by atoms with Gasteiger partial charge in [-0.2, -0.15) is 5.10 Å². The maximum atomic E-state index is 4.37. The molecule has 0 atom stereocenters. The molecule has 0 saturated carbocycles. The van der Waals surface area contributed by atoms with Crippen molar-refractivity contribution in [3.05, 3.63) is 41.6 Å². The molecule has 3 nitrogen and oxygen atoms in total. The van der Waals surface area contributed by atoms with Crippen molar-refractivity contribution in [2.24, 2.45) is 0 Å². The van der Waals surface area contributed by atoms with Gasteiger partial charge in [-0.05, 0) is 19.0 Å². The number of aromatic nitrogens is 2. The van der Waals surface area contributed by atoms with Crippen LogP contribution in [0.4, 0.5) is 0 Å². The molecule has 0 aliphatic heterocycles. The van der Waals surface area contributed by atoms with Crippen molar-refractivity contribution in [2.75, 3.05) is 6.54 Å². The Morgan fingerprint density at radius 3 is 2.69 bits per heavy atom. The molecule has 1 heterocycles. The highest BCUT2D eigenvalue weighted by molar-refractivity contribution is 5.63. The van der Waals surface area contributed by atoms with E-state index in [9.17, 15) is 0 Å². The maximum Gasteiger partial charge on any atom is 0.0953 e. The molecule has 0 spiro atoms. The summed E-state index contributed by atoms with van der Waals surface area (Å²) < 4.78 is 0. The lowest BCUT2D eigenvalue weighted by Gasteiger charge is -2.01. The molecule has 0 unspecified atom stereocenters. The minimum absolute atomic E-state index is 0.849. The predicted octanol–water partition coefficient (Wildman–Crippen LogP) is 2.49. The van der Waals surface area contributed by atoms with Crippen molar-refractivity contribution in [3.8, 4) is 11.3 Å². The number of benzene rings is 1. The Balaban J connectivity index is 2.27. The average Bonchev–Trinajstić information content (AvgIpc) is 2.69. The molecule has 2 aromatic rings. The van der Waals surface area contributed by atoms with E-state index >= 15 is 0 Å². The Morgan fingerprint density at radius 2 is 2.00 bits per heavy atom. The summed E-state index contributed by atoms with van der Waals surface area (Å²) in [5.74, 6) is 0. The summed E-state index contributed by atoms with van der Waals surface area (Å²) in [6.07, 6.45) is 0. The van der Waals surface area contributed by atoms with Crippen LogP contribution in [0.1, 0.15) is 18.2 Å². The first-order chi connectivity index (χ1) is 7.83. The zero-order chi connectivity index (χ0) is 11.4. The number of rotatable bonds is 4. The fourth-order valence-electron chi connectivity index (χ4n) is 1.73. The number of hydrogen-bond donors (Lipinski definition) is 2. The van der Waals surface area contributed by atoms with Gasteiger partial charge in [-0.1, -0.05) is 37.3 Å². The fourth-order valence-corrected chi connectivity index (χ4v) is 1.73. The predicted molar refractivity (Wildman–Crippen MR) is 66.1 cm³/mol. The van der Waals surface area contributed by atoms with E-state index in [2.05, 4.69) is 41.5 Å². The highest BCUT2D eigenvalue weighted by atomic mass is 15.1. The van der Waals surface area contributed by atoms with Crippen LogP contribution in [0.5, 0.6) is 0 Å². The van der Waals surface area contributed by atoms with E-state index in [1.54, 1.807) is 0 Å². The molecule has 0 bridgehead atoms. The van der Waals surface area contributed by atoms with E-state index in [4.69, 9.17) is 0 Å². The molecule has 1 aromatic heterocycles. The molecular weight excluding hydrogens is 198 g/mol. The third-order valence-electron chi connectivity index (χ3n) is 2.71. The van der Waals surface area contributed by atoms with E-state index in [-0.39, 0.29) is 0 Å².